The van der Waals surface area contributed by atoms with Crippen LogP contribution in [0.5, 0.6) is 0 Å². The Bertz CT molecular complexity index is 288. The Morgan fingerprint density at radius 2 is 2.00 bits per heavy atom. The van der Waals surface area contributed by atoms with E-state index in [2.05, 4.69) is 21.2 Å². The van der Waals surface area contributed by atoms with Crippen LogP contribution in [0.15, 0.2) is 0 Å². The van der Waals surface area contributed by atoms with Gasteiger partial charge in [-0.2, -0.15) is 0 Å². The molecule has 0 aromatic heterocycles. The molecule has 1 aliphatic rings. The van der Waals surface area contributed by atoms with Crippen LogP contribution in [-0.4, -0.2) is 48.5 Å². The summed E-state index contributed by atoms with van der Waals surface area (Å²) >= 11 is 3.41. The van der Waals surface area contributed by atoms with Crippen molar-refractivity contribution in [3.8, 4) is 0 Å². The Hall–Kier alpha value is -0.330. The maximum absolute atomic E-state index is 11.6. The number of alkyl carbamates (subject to hydrolysis) is 1. The molecule has 1 atom stereocenters. The minimum Gasteiger partial charge on any atom is -0.444 e. The predicted octanol–water partition coefficient (Wildman–Crippen LogP) is 2.08. The SMILES string of the molecule is CC(C)(C)OC(=O)NCC(C)(CBr)OC1COC1. The molecule has 1 fully saturated rings. The van der Waals surface area contributed by atoms with E-state index in [9.17, 15) is 4.79 Å². The van der Waals surface area contributed by atoms with Crippen LogP contribution in [0.3, 0.4) is 0 Å². The molecule has 0 radical (unpaired) electrons. The van der Waals surface area contributed by atoms with Crippen molar-refractivity contribution in [3.05, 3.63) is 0 Å². The lowest BCUT2D eigenvalue weighted by atomic mass is 10.1. The molecule has 6 heteroatoms. The average molecular weight is 324 g/mol. The Kier molecular flexibility index (Phi) is 5.43. The summed E-state index contributed by atoms with van der Waals surface area (Å²) in [5, 5.41) is 3.36. The van der Waals surface area contributed by atoms with Gasteiger partial charge in [-0.1, -0.05) is 15.9 Å². The van der Waals surface area contributed by atoms with E-state index in [0.29, 0.717) is 25.1 Å². The largest absolute Gasteiger partial charge is 0.444 e. The van der Waals surface area contributed by atoms with Crippen molar-refractivity contribution in [2.75, 3.05) is 25.1 Å². The standard InChI is InChI=1S/C12H22BrNO4/c1-11(2,3)18-10(15)14-8-12(4,7-13)17-9-5-16-6-9/h9H,5-8H2,1-4H3,(H,14,15). The highest BCUT2D eigenvalue weighted by Gasteiger charge is 2.32. The van der Waals surface area contributed by atoms with Gasteiger partial charge in [0.1, 0.15) is 11.7 Å². The summed E-state index contributed by atoms with van der Waals surface area (Å²) in [6.07, 6.45) is -0.309. The van der Waals surface area contributed by atoms with Gasteiger partial charge in [-0.05, 0) is 27.7 Å². The number of halogens is 1. The average Bonchev–Trinajstić information content (AvgIpc) is 2.19. The monoisotopic (exact) mass is 323 g/mol. The molecule has 0 aromatic rings. The Morgan fingerprint density at radius 1 is 1.39 bits per heavy atom. The van der Waals surface area contributed by atoms with Crippen molar-refractivity contribution in [1.82, 2.24) is 5.32 Å². The third-order valence-electron chi connectivity index (χ3n) is 2.35. The number of nitrogens with one attached hydrogen (secondary N) is 1. The van der Waals surface area contributed by atoms with Gasteiger partial charge in [-0.25, -0.2) is 4.79 Å². The van der Waals surface area contributed by atoms with Crippen LogP contribution < -0.4 is 5.32 Å². The molecule has 0 bridgehead atoms. The molecular weight excluding hydrogens is 302 g/mol. The van der Waals surface area contributed by atoms with Gasteiger partial charge in [0.15, 0.2) is 0 Å². The van der Waals surface area contributed by atoms with E-state index in [4.69, 9.17) is 14.2 Å². The molecule has 1 aliphatic heterocycles. The highest BCUT2D eigenvalue weighted by Crippen LogP contribution is 2.19. The summed E-state index contributed by atoms with van der Waals surface area (Å²) in [4.78, 5) is 11.6. The fraction of sp³-hybridized carbons (Fsp3) is 0.917. The first kappa shape index (κ1) is 15.7. The topological polar surface area (TPSA) is 56.8 Å². The summed E-state index contributed by atoms with van der Waals surface area (Å²) in [6.45, 7) is 9.07. The maximum atomic E-state index is 11.6. The zero-order chi connectivity index (χ0) is 13.8. The van der Waals surface area contributed by atoms with E-state index < -0.39 is 17.3 Å². The molecule has 106 valence electrons. The Labute approximate surface area is 117 Å². The normalized spacial score (nSPS) is 19.8. The first-order valence-electron chi connectivity index (χ1n) is 6.02. The Balaban J connectivity index is 2.35. The van der Waals surface area contributed by atoms with Gasteiger partial charge >= 0.3 is 6.09 Å². The molecule has 0 spiro atoms. The lowest BCUT2D eigenvalue weighted by Crippen LogP contribution is -2.51. The van der Waals surface area contributed by atoms with Gasteiger partial charge in [0, 0.05) is 5.33 Å². The molecule has 0 saturated carbocycles. The number of hydrogen-bond donors (Lipinski definition) is 1. The fourth-order valence-electron chi connectivity index (χ4n) is 1.38. The molecule has 1 unspecified atom stereocenters. The van der Waals surface area contributed by atoms with E-state index in [1.54, 1.807) is 0 Å². The minimum absolute atomic E-state index is 0.119. The molecule has 18 heavy (non-hydrogen) atoms. The first-order valence-corrected chi connectivity index (χ1v) is 7.15. The van der Waals surface area contributed by atoms with E-state index in [1.807, 2.05) is 27.7 Å². The van der Waals surface area contributed by atoms with Gasteiger partial charge in [-0.15, -0.1) is 0 Å². The van der Waals surface area contributed by atoms with Crippen LogP contribution in [0.25, 0.3) is 0 Å². The molecule has 1 amide bonds. The van der Waals surface area contributed by atoms with E-state index in [0.717, 1.165) is 0 Å². The second-order valence-corrected chi connectivity index (χ2v) is 6.28. The van der Waals surface area contributed by atoms with Crippen molar-refractivity contribution in [2.45, 2.75) is 45.0 Å². The van der Waals surface area contributed by atoms with Crippen LogP contribution in [0.2, 0.25) is 0 Å². The van der Waals surface area contributed by atoms with Crippen molar-refractivity contribution < 1.29 is 19.0 Å². The number of ether oxygens (including phenoxy) is 3. The van der Waals surface area contributed by atoms with Crippen LogP contribution in [0, 0.1) is 0 Å². The summed E-state index contributed by atoms with van der Waals surface area (Å²) in [7, 11) is 0. The summed E-state index contributed by atoms with van der Waals surface area (Å²) in [6, 6.07) is 0. The molecule has 1 N–H and O–H groups in total. The summed E-state index contributed by atoms with van der Waals surface area (Å²) < 4.78 is 16.1. The van der Waals surface area contributed by atoms with Crippen molar-refractivity contribution in [2.24, 2.45) is 0 Å². The van der Waals surface area contributed by atoms with Crippen LogP contribution in [-0.2, 0) is 14.2 Å². The third kappa shape index (κ3) is 5.54. The zero-order valence-electron chi connectivity index (χ0n) is 11.4. The smallest absolute Gasteiger partial charge is 0.407 e. The minimum atomic E-state index is -0.489. The second-order valence-electron chi connectivity index (χ2n) is 5.72. The molecule has 1 saturated heterocycles. The molecule has 1 heterocycles. The summed E-state index contributed by atoms with van der Waals surface area (Å²) in [5.41, 5.74) is -0.942. The van der Waals surface area contributed by atoms with E-state index in [-0.39, 0.29) is 6.10 Å². The molecule has 0 aromatic carbocycles. The highest BCUT2D eigenvalue weighted by atomic mass is 79.9. The fourth-order valence-corrected chi connectivity index (χ4v) is 1.71. The van der Waals surface area contributed by atoms with Gasteiger partial charge in [0.25, 0.3) is 0 Å². The quantitative estimate of drug-likeness (QED) is 0.787. The van der Waals surface area contributed by atoms with Crippen LogP contribution in [0.4, 0.5) is 4.79 Å². The predicted molar refractivity (Wildman–Crippen MR) is 72.1 cm³/mol. The number of alkyl halides is 1. The highest BCUT2D eigenvalue weighted by molar-refractivity contribution is 9.09. The van der Waals surface area contributed by atoms with Gasteiger partial charge < -0.3 is 19.5 Å². The van der Waals surface area contributed by atoms with Crippen molar-refractivity contribution in [3.63, 3.8) is 0 Å². The summed E-state index contributed by atoms with van der Waals surface area (Å²) in [5.74, 6) is 0. The van der Waals surface area contributed by atoms with Gasteiger partial charge in [0.05, 0.1) is 25.4 Å². The lowest BCUT2D eigenvalue weighted by Gasteiger charge is -2.36. The molecular formula is C12H22BrNO4. The van der Waals surface area contributed by atoms with Gasteiger partial charge in [0.2, 0.25) is 0 Å². The van der Waals surface area contributed by atoms with E-state index in [1.165, 1.54) is 0 Å². The third-order valence-corrected chi connectivity index (χ3v) is 3.53. The lowest BCUT2D eigenvalue weighted by molar-refractivity contribution is -0.178. The number of carbonyl (C=O) groups excluding carboxylic acids is 1. The number of amides is 1. The first-order chi connectivity index (χ1) is 8.24. The number of hydrogen-bond acceptors (Lipinski definition) is 4. The van der Waals surface area contributed by atoms with E-state index >= 15 is 0 Å². The second kappa shape index (κ2) is 6.21. The molecule has 0 aliphatic carbocycles. The van der Waals surface area contributed by atoms with Gasteiger partial charge in [-0.3, -0.25) is 0 Å². The maximum Gasteiger partial charge on any atom is 0.407 e. The van der Waals surface area contributed by atoms with Crippen molar-refractivity contribution >= 4 is 22.0 Å². The zero-order valence-corrected chi connectivity index (χ0v) is 13.0. The number of carbonyl (C=O) groups is 1. The number of rotatable bonds is 5. The molecule has 5 nitrogen and oxygen atoms in total. The molecule has 1 rings (SSSR count). The van der Waals surface area contributed by atoms with Crippen molar-refractivity contribution in [1.29, 1.82) is 0 Å². The van der Waals surface area contributed by atoms with Crippen LogP contribution in [0.1, 0.15) is 27.7 Å². The van der Waals surface area contributed by atoms with Crippen LogP contribution >= 0.6 is 15.9 Å². The Morgan fingerprint density at radius 3 is 2.39 bits per heavy atom.